The lowest BCUT2D eigenvalue weighted by Crippen LogP contribution is -2.11. The van der Waals surface area contributed by atoms with Crippen LogP contribution < -0.4 is 5.32 Å². The van der Waals surface area contributed by atoms with Crippen molar-refractivity contribution in [2.24, 2.45) is 0 Å². The standard InChI is InChI=1S/C13H10ClNOS/c14-10-7-5-9(6-8-10)13(16)15-11-3-1-2-4-12(11)17/h1-8,17H,(H,15,16). The van der Waals surface area contributed by atoms with Gasteiger partial charge in [-0.3, -0.25) is 4.79 Å². The van der Waals surface area contributed by atoms with E-state index in [4.69, 9.17) is 11.6 Å². The molecule has 17 heavy (non-hydrogen) atoms. The van der Waals surface area contributed by atoms with Crippen molar-refractivity contribution in [3.05, 3.63) is 59.1 Å². The Balaban J connectivity index is 2.17. The first-order chi connectivity index (χ1) is 8.16. The van der Waals surface area contributed by atoms with Crippen molar-refractivity contribution in [1.29, 1.82) is 0 Å². The number of hydrogen-bond acceptors (Lipinski definition) is 2. The highest BCUT2D eigenvalue weighted by Gasteiger charge is 2.06. The molecular weight excluding hydrogens is 254 g/mol. The second-order valence-corrected chi connectivity index (χ2v) is 4.40. The van der Waals surface area contributed by atoms with Crippen LogP contribution in [-0.2, 0) is 0 Å². The number of benzene rings is 2. The van der Waals surface area contributed by atoms with Gasteiger partial charge >= 0.3 is 0 Å². The topological polar surface area (TPSA) is 29.1 Å². The average Bonchev–Trinajstić information content (AvgIpc) is 2.33. The molecule has 2 nitrogen and oxygen atoms in total. The maximum Gasteiger partial charge on any atom is 0.255 e. The van der Waals surface area contributed by atoms with Gasteiger partial charge in [0.25, 0.3) is 5.91 Å². The Bertz CT molecular complexity index is 539. The molecule has 2 rings (SSSR count). The van der Waals surface area contributed by atoms with Crippen molar-refractivity contribution in [2.75, 3.05) is 5.32 Å². The van der Waals surface area contributed by atoms with E-state index in [1.54, 1.807) is 30.3 Å². The fourth-order valence-electron chi connectivity index (χ4n) is 1.38. The third-order valence-electron chi connectivity index (χ3n) is 2.26. The van der Waals surface area contributed by atoms with Crippen molar-refractivity contribution >= 4 is 35.8 Å². The van der Waals surface area contributed by atoms with Crippen LogP contribution in [-0.4, -0.2) is 5.91 Å². The van der Waals surface area contributed by atoms with Crippen LogP contribution in [0.3, 0.4) is 0 Å². The molecule has 0 aromatic heterocycles. The first kappa shape index (κ1) is 12.0. The maximum atomic E-state index is 11.9. The van der Waals surface area contributed by atoms with Gasteiger partial charge in [-0.05, 0) is 36.4 Å². The van der Waals surface area contributed by atoms with Crippen LogP contribution in [0.1, 0.15) is 10.4 Å². The van der Waals surface area contributed by atoms with Crippen molar-refractivity contribution in [3.63, 3.8) is 0 Å². The number of anilines is 1. The predicted octanol–water partition coefficient (Wildman–Crippen LogP) is 3.88. The smallest absolute Gasteiger partial charge is 0.255 e. The summed E-state index contributed by atoms with van der Waals surface area (Å²) in [6.45, 7) is 0. The van der Waals surface area contributed by atoms with Gasteiger partial charge in [-0.2, -0.15) is 0 Å². The fourth-order valence-corrected chi connectivity index (χ4v) is 1.72. The van der Waals surface area contributed by atoms with E-state index in [1.165, 1.54) is 0 Å². The largest absolute Gasteiger partial charge is 0.321 e. The van der Waals surface area contributed by atoms with Gasteiger partial charge in [0, 0.05) is 15.5 Å². The van der Waals surface area contributed by atoms with E-state index in [9.17, 15) is 4.79 Å². The van der Waals surface area contributed by atoms with Crippen LogP contribution in [0.15, 0.2) is 53.4 Å². The van der Waals surface area contributed by atoms with Crippen LogP contribution >= 0.6 is 24.2 Å². The third kappa shape index (κ3) is 3.02. The fraction of sp³-hybridized carbons (Fsp3) is 0. The second kappa shape index (κ2) is 5.25. The van der Waals surface area contributed by atoms with E-state index in [1.807, 2.05) is 18.2 Å². The van der Waals surface area contributed by atoms with Gasteiger partial charge in [0.1, 0.15) is 0 Å². The number of rotatable bonds is 2. The summed E-state index contributed by atoms with van der Waals surface area (Å²) >= 11 is 10.0. The first-order valence-electron chi connectivity index (χ1n) is 5.02. The Labute approximate surface area is 110 Å². The zero-order valence-corrected chi connectivity index (χ0v) is 10.5. The van der Waals surface area contributed by atoms with E-state index in [2.05, 4.69) is 17.9 Å². The van der Waals surface area contributed by atoms with Crippen LogP contribution in [0.2, 0.25) is 5.02 Å². The van der Waals surface area contributed by atoms with Gasteiger partial charge in [0.15, 0.2) is 0 Å². The molecule has 0 spiro atoms. The van der Waals surface area contributed by atoms with E-state index in [0.717, 1.165) is 4.90 Å². The highest BCUT2D eigenvalue weighted by atomic mass is 35.5. The third-order valence-corrected chi connectivity index (χ3v) is 2.90. The second-order valence-electron chi connectivity index (χ2n) is 3.48. The molecule has 1 N–H and O–H groups in total. The lowest BCUT2D eigenvalue weighted by atomic mass is 10.2. The molecule has 0 heterocycles. The Morgan fingerprint density at radius 3 is 2.35 bits per heavy atom. The van der Waals surface area contributed by atoms with Crippen molar-refractivity contribution in [3.8, 4) is 0 Å². The van der Waals surface area contributed by atoms with Crippen molar-refractivity contribution in [1.82, 2.24) is 0 Å². The molecule has 0 atom stereocenters. The average molecular weight is 264 g/mol. The number of para-hydroxylation sites is 1. The number of carbonyl (C=O) groups excluding carboxylic acids is 1. The highest BCUT2D eigenvalue weighted by Crippen LogP contribution is 2.19. The minimum Gasteiger partial charge on any atom is -0.321 e. The van der Waals surface area contributed by atoms with E-state index >= 15 is 0 Å². The lowest BCUT2D eigenvalue weighted by Gasteiger charge is -2.07. The minimum absolute atomic E-state index is 0.178. The monoisotopic (exact) mass is 263 g/mol. The maximum absolute atomic E-state index is 11.9. The molecule has 1 amide bonds. The highest BCUT2D eigenvalue weighted by molar-refractivity contribution is 7.80. The molecule has 0 aliphatic heterocycles. The molecular formula is C13H10ClNOS. The van der Waals surface area contributed by atoms with E-state index in [0.29, 0.717) is 16.3 Å². The normalized spacial score (nSPS) is 10.0. The molecule has 0 unspecified atom stereocenters. The molecule has 4 heteroatoms. The summed E-state index contributed by atoms with van der Waals surface area (Å²) in [6.07, 6.45) is 0. The number of thiol groups is 1. The van der Waals surface area contributed by atoms with Gasteiger partial charge < -0.3 is 5.32 Å². The molecule has 0 aliphatic rings. The van der Waals surface area contributed by atoms with Crippen molar-refractivity contribution in [2.45, 2.75) is 4.90 Å². The van der Waals surface area contributed by atoms with Gasteiger partial charge in [0.05, 0.1) is 5.69 Å². The number of halogens is 1. The summed E-state index contributed by atoms with van der Waals surface area (Å²) in [5.41, 5.74) is 1.25. The number of amides is 1. The number of carbonyl (C=O) groups is 1. The van der Waals surface area contributed by atoms with E-state index < -0.39 is 0 Å². The number of nitrogens with one attached hydrogen (secondary N) is 1. The molecule has 2 aromatic carbocycles. The number of hydrogen-bond donors (Lipinski definition) is 2. The SMILES string of the molecule is O=C(Nc1ccccc1S)c1ccc(Cl)cc1. The van der Waals surface area contributed by atoms with Crippen molar-refractivity contribution < 1.29 is 4.79 Å². The summed E-state index contributed by atoms with van der Waals surface area (Å²) in [4.78, 5) is 12.6. The predicted molar refractivity (Wildman–Crippen MR) is 73.1 cm³/mol. The van der Waals surface area contributed by atoms with Crippen LogP contribution in [0.25, 0.3) is 0 Å². The Hall–Kier alpha value is -1.45. The van der Waals surface area contributed by atoms with E-state index in [-0.39, 0.29) is 5.91 Å². The summed E-state index contributed by atoms with van der Waals surface area (Å²) in [7, 11) is 0. The molecule has 86 valence electrons. The summed E-state index contributed by atoms with van der Waals surface area (Å²) < 4.78 is 0. The molecule has 0 saturated heterocycles. The van der Waals surface area contributed by atoms with Crippen LogP contribution in [0.5, 0.6) is 0 Å². The van der Waals surface area contributed by atoms with Gasteiger partial charge in [-0.25, -0.2) is 0 Å². The van der Waals surface area contributed by atoms with Gasteiger partial charge in [-0.1, -0.05) is 23.7 Å². The Morgan fingerprint density at radius 2 is 1.71 bits per heavy atom. The first-order valence-corrected chi connectivity index (χ1v) is 5.84. The summed E-state index contributed by atoms with van der Waals surface area (Å²) in [5.74, 6) is -0.178. The molecule has 0 radical (unpaired) electrons. The van der Waals surface area contributed by atoms with Gasteiger partial charge in [0.2, 0.25) is 0 Å². The van der Waals surface area contributed by atoms with Crippen LogP contribution in [0.4, 0.5) is 5.69 Å². The van der Waals surface area contributed by atoms with Gasteiger partial charge in [-0.15, -0.1) is 12.6 Å². The lowest BCUT2D eigenvalue weighted by molar-refractivity contribution is 0.102. The summed E-state index contributed by atoms with van der Waals surface area (Å²) in [6, 6.07) is 14.1. The molecule has 0 bridgehead atoms. The minimum atomic E-state index is -0.178. The zero-order valence-electron chi connectivity index (χ0n) is 8.85. The molecule has 0 aliphatic carbocycles. The Morgan fingerprint density at radius 1 is 1.06 bits per heavy atom. The molecule has 2 aromatic rings. The quantitative estimate of drug-likeness (QED) is 0.791. The zero-order chi connectivity index (χ0) is 12.3. The summed E-state index contributed by atoms with van der Waals surface area (Å²) in [5, 5.41) is 3.40. The Kier molecular flexibility index (Phi) is 3.71. The van der Waals surface area contributed by atoms with Crippen LogP contribution in [0, 0.1) is 0 Å². The molecule has 0 fully saturated rings. The molecule has 0 saturated carbocycles.